The summed E-state index contributed by atoms with van der Waals surface area (Å²) < 4.78 is 5.52. The molecule has 2 aliphatic rings. The predicted octanol–water partition coefficient (Wildman–Crippen LogP) is 5.13. The largest absolute Gasteiger partial charge is 0.423 e. The average molecular weight is 420 g/mol. The molecule has 5 nitrogen and oxygen atoms in total. The Balaban J connectivity index is 1.52. The number of imide groups is 1. The molecule has 2 fully saturated rings. The molecule has 0 radical (unpaired) electrons. The van der Waals surface area contributed by atoms with E-state index in [1.165, 1.54) is 4.90 Å². The van der Waals surface area contributed by atoms with Gasteiger partial charge < -0.3 is 4.74 Å². The number of amides is 2. The van der Waals surface area contributed by atoms with Gasteiger partial charge in [-0.2, -0.15) is 0 Å². The Morgan fingerprint density at radius 3 is 2.32 bits per heavy atom. The molecule has 1 saturated carbocycles. The SMILES string of the molecule is C[C@@H]1CC[C@@H]2C(=O)N(c3cccc(C(=O)Oc4ccc(C(C)(C)C)cc4)c3)C(=O)[C@@H]2C1. The summed E-state index contributed by atoms with van der Waals surface area (Å²) in [7, 11) is 0. The monoisotopic (exact) mass is 419 g/mol. The van der Waals surface area contributed by atoms with Crippen molar-refractivity contribution < 1.29 is 19.1 Å². The lowest BCUT2D eigenvalue weighted by molar-refractivity contribution is -0.122. The molecule has 1 saturated heterocycles. The first-order valence-corrected chi connectivity index (χ1v) is 11.0. The molecule has 1 aliphatic heterocycles. The maximum Gasteiger partial charge on any atom is 0.343 e. The smallest absolute Gasteiger partial charge is 0.343 e. The topological polar surface area (TPSA) is 63.7 Å². The minimum absolute atomic E-state index is 0.0145. The third-order valence-corrected chi connectivity index (χ3v) is 6.46. The van der Waals surface area contributed by atoms with Crippen LogP contribution in [0.2, 0.25) is 0 Å². The molecule has 0 unspecified atom stereocenters. The molecule has 1 aliphatic carbocycles. The fraction of sp³-hybridized carbons (Fsp3) is 0.423. The molecular weight excluding hydrogens is 390 g/mol. The van der Waals surface area contributed by atoms with E-state index in [1.54, 1.807) is 36.4 Å². The second kappa shape index (κ2) is 7.95. The van der Waals surface area contributed by atoms with Crippen molar-refractivity contribution in [1.29, 1.82) is 0 Å². The average Bonchev–Trinajstić information content (AvgIpc) is 2.97. The first kappa shape index (κ1) is 21.3. The molecular formula is C26H29NO4. The van der Waals surface area contributed by atoms with Crippen LogP contribution in [-0.2, 0) is 15.0 Å². The van der Waals surface area contributed by atoms with Crippen LogP contribution in [0.3, 0.4) is 0 Å². The highest BCUT2D eigenvalue weighted by atomic mass is 16.5. The van der Waals surface area contributed by atoms with E-state index in [0.717, 1.165) is 24.8 Å². The van der Waals surface area contributed by atoms with Gasteiger partial charge in [-0.05, 0) is 66.5 Å². The van der Waals surface area contributed by atoms with E-state index in [-0.39, 0.29) is 29.1 Å². The second-order valence-corrected chi connectivity index (χ2v) is 9.86. The van der Waals surface area contributed by atoms with Crippen LogP contribution in [0.15, 0.2) is 48.5 Å². The number of benzene rings is 2. The molecule has 162 valence electrons. The number of carbonyl (C=O) groups excluding carboxylic acids is 3. The molecule has 0 bridgehead atoms. The lowest BCUT2D eigenvalue weighted by Crippen LogP contribution is -2.31. The van der Waals surface area contributed by atoms with Gasteiger partial charge in [0.25, 0.3) is 0 Å². The van der Waals surface area contributed by atoms with Crippen LogP contribution in [0.1, 0.15) is 62.9 Å². The molecule has 2 aromatic carbocycles. The third-order valence-electron chi connectivity index (χ3n) is 6.46. The highest BCUT2D eigenvalue weighted by Gasteiger charge is 2.50. The van der Waals surface area contributed by atoms with Crippen molar-refractivity contribution in [1.82, 2.24) is 0 Å². The highest BCUT2D eigenvalue weighted by Crippen LogP contribution is 2.42. The Hall–Kier alpha value is -2.95. The van der Waals surface area contributed by atoms with Gasteiger partial charge in [0.1, 0.15) is 5.75 Å². The van der Waals surface area contributed by atoms with Crippen molar-refractivity contribution in [3.05, 3.63) is 59.7 Å². The van der Waals surface area contributed by atoms with Crippen LogP contribution in [0.25, 0.3) is 0 Å². The zero-order chi connectivity index (χ0) is 22.3. The van der Waals surface area contributed by atoms with Crippen LogP contribution in [-0.4, -0.2) is 17.8 Å². The molecule has 2 aromatic rings. The third kappa shape index (κ3) is 4.14. The first-order valence-electron chi connectivity index (χ1n) is 11.0. The van der Waals surface area contributed by atoms with E-state index >= 15 is 0 Å². The van der Waals surface area contributed by atoms with Crippen LogP contribution in [0, 0.1) is 17.8 Å². The van der Waals surface area contributed by atoms with Gasteiger partial charge in [0.15, 0.2) is 0 Å². The van der Waals surface area contributed by atoms with E-state index in [2.05, 4.69) is 27.7 Å². The molecule has 1 heterocycles. The van der Waals surface area contributed by atoms with Gasteiger partial charge in [-0.3, -0.25) is 14.5 Å². The van der Waals surface area contributed by atoms with Crippen molar-refractivity contribution in [2.24, 2.45) is 17.8 Å². The summed E-state index contributed by atoms with van der Waals surface area (Å²) >= 11 is 0. The molecule has 31 heavy (non-hydrogen) atoms. The predicted molar refractivity (Wildman–Crippen MR) is 119 cm³/mol. The van der Waals surface area contributed by atoms with E-state index in [4.69, 9.17) is 4.74 Å². The summed E-state index contributed by atoms with van der Waals surface area (Å²) in [5, 5.41) is 0. The van der Waals surface area contributed by atoms with Crippen molar-refractivity contribution in [2.45, 2.75) is 52.4 Å². The summed E-state index contributed by atoms with van der Waals surface area (Å²) in [6, 6.07) is 14.0. The number of fused-ring (bicyclic) bond motifs is 1. The fourth-order valence-corrected chi connectivity index (χ4v) is 4.61. The number of hydrogen-bond donors (Lipinski definition) is 0. The van der Waals surface area contributed by atoms with E-state index in [9.17, 15) is 14.4 Å². The van der Waals surface area contributed by atoms with Gasteiger partial charge in [0.2, 0.25) is 11.8 Å². The van der Waals surface area contributed by atoms with Crippen molar-refractivity contribution in [2.75, 3.05) is 4.90 Å². The standard InChI is InChI=1S/C26H29NO4/c1-16-8-13-21-22(14-16)24(29)27(23(21)28)19-7-5-6-17(15-19)25(30)31-20-11-9-18(10-12-20)26(2,3)4/h5-7,9-12,15-16,21-22H,8,13-14H2,1-4H3/t16-,21+,22-/m1/s1. The lowest BCUT2D eigenvalue weighted by Gasteiger charge is -2.25. The van der Waals surface area contributed by atoms with Crippen LogP contribution in [0.5, 0.6) is 5.75 Å². The Bertz CT molecular complexity index is 1020. The molecule has 5 heteroatoms. The van der Waals surface area contributed by atoms with Crippen LogP contribution >= 0.6 is 0 Å². The summed E-state index contributed by atoms with van der Waals surface area (Å²) in [6.07, 6.45) is 2.46. The Kier molecular flexibility index (Phi) is 5.46. The maximum absolute atomic E-state index is 13.0. The molecule has 3 atom stereocenters. The first-order chi connectivity index (χ1) is 14.6. The van der Waals surface area contributed by atoms with Gasteiger partial charge >= 0.3 is 5.97 Å². The van der Waals surface area contributed by atoms with Crippen LogP contribution < -0.4 is 9.64 Å². The number of hydrogen-bond acceptors (Lipinski definition) is 4. The fourth-order valence-electron chi connectivity index (χ4n) is 4.61. The van der Waals surface area contributed by atoms with Gasteiger partial charge in [0.05, 0.1) is 23.1 Å². The molecule has 4 rings (SSSR count). The van der Waals surface area contributed by atoms with Crippen LogP contribution in [0.4, 0.5) is 5.69 Å². The van der Waals surface area contributed by atoms with Crippen molar-refractivity contribution >= 4 is 23.5 Å². The summed E-state index contributed by atoms with van der Waals surface area (Å²) in [5.74, 6) is -0.389. The van der Waals surface area contributed by atoms with E-state index in [0.29, 0.717) is 22.9 Å². The zero-order valence-electron chi connectivity index (χ0n) is 18.6. The number of ether oxygens (including phenoxy) is 1. The van der Waals surface area contributed by atoms with Gasteiger partial charge in [-0.15, -0.1) is 0 Å². The molecule has 0 N–H and O–H groups in total. The second-order valence-electron chi connectivity index (χ2n) is 9.86. The number of anilines is 1. The Morgan fingerprint density at radius 2 is 1.65 bits per heavy atom. The molecule has 0 aromatic heterocycles. The number of rotatable bonds is 3. The number of nitrogens with zero attached hydrogens (tertiary/aromatic N) is 1. The van der Waals surface area contributed by atoms with Gasteiger partial charge in [-0.1, -0.05) is 45.9 Å². The van der Waals surface area contributed by atoms with E-state index in [1.807, 2.05) is 12.1 Å². The summed E-state index contributed by atoms with van der Waals surface area (Å²) in [4.78, 5) is 39.9. The van der Waals surface area contributed by atoms with Crippen molar-refractivity contribution in [3.63, 3.8) is 0 Å². The Labute approximate surface area is 183 Å². The maximum atomic E-state index is 13.0. The highest BCUT2D eigenvalue weighted by molar-refractivity contribution is 6.22. The molecule has 0 spiro atoms. The van der Waals surface area contributed by atoms with Gasteiger partial charge in [0, 0.05) is 0 Å². The van der Waals surface area contributed by atoms with Crippen molar-refractivity contribution in [3.8, 4) is 5.75 Å². The number of esters is 1. The minimum atomic E-state index is -0.518. The summed E-state index contributed by atoms with van der Waals surface area (Å²) in [6.45, 7) is 8.49. The Morgan fingerprint density at radius 1 is 0.968 bits per heavy atom. The molecule has 2 amide bonds. The zero-order valence-corrected chi connectivity index (χ0v) is 18.6. The normalized spacial score (nSPS) is 23.6. The minimum Gasteiger partial charge on any atom is -0.423 e. The lowest BCUT2D eigenvalue weighted by atomic mass is 9.76. The van der Waals surface area contributed by atoms with E-state index < -0.39 is 5.97 Å². The number of carbonyl (C=O) groups is 3. The summed E-state index contributed by atoms with van der Waals surface area (Å²) in [5.41, 5.74) is 1.91. The quantitative estimate of drug-likeness (QED) is 0.393. The van der Waals surface area contributed by atoms with Gasteiger partial charge in [-0.25, -0.2) is 4.79 Å².